The molecule has 1 aliphatic rings. The maximum atomic E-state index is 5.71. The normalized spacial score (nSPS) is 16.3. The summed E-state index contributed by atoms with van der Waals surface area (Å²) in [5.74, 6) is 1.99. The Balaban J connectivity index is 1.88. The Bertz CT molecular complexity index is 373. The van der Waals surface area contributed by atoms with Crippen molar-refractivity contribution >= 4 is 0 Å². The van der Waals surface area contributed by atoms with Gasteiger partial charge in [-0.15, -0.1) is 0 Å². The highest BCUT2D eigenvalue weighted by Crippen LogP contribution is 2.35. The van der Waals surface area contributed by atoms with Gasteiger partial charge in [0.15, 0.2) is 0 Å². The summed E-state index contributed by atoms with van der Waals surface area (Å²) in [7, 11) is 0. The molecule has 0 bridgehead atoms. The van der Waals surface area contributed by atoms with Gasteiger partial charge in [0.25, 0.3) is 0 Å². The first-order chi connectivity index (χ1) is 9.35. The average Bonchev–Trinajstić information content (AvgIpc) is 3.25. The molecule has 1 atom stereocenters. The SMILES string of the molecule is CCCNC(CCc1ccccc1OCC)C1CC1. The molecule has 0 aromatic heterocycles. The van der Waals surface area contributed by atoms with Crippen LogP contribution >= 0.6 is 0 Å². The van der Waals surface area contributed by atoms with Crippen LogP contribution in [0.2, 0.25) is 0 Å². The lowest BCUT2D eigenvalue weighted by Crippen LogP contribution is -2.32. The van der Waals surface area contributed by atoms with Gasteiger partial charge in [0.2, 0.25) is 0 Å². The van der Waals surface area contributed by atoms with Crippen LogP contribution in [0.3, 0.4) is 0 Å². The third-order valence-corrected chi connectivity index (χ3v) is 3.84. The Morgan fingerprint density at radius 1 is 1.26 bits per heavy atom. The zero-order valence-electron chi connectivity index (χ0n) is 12.3. The third kappa shape index (κ3) is 4.54. The van der Waals surface area contributed by atoms with Gasteiger partial charge in [0, 0.05) is 6.04 Å². The Hall–Kier alpha value is -1.02. The summed E-state index contributed by atoms with van der Waals surface area (Å²) in [5, 5.41) is 3.71. The van der Waals surface area contributed by atoms with Crippen molar-refractivity contribution in [2.75, 3.05) is 13.2 Å². The summed E-state index contributed by atoms with van der Waals surface area (Å²) < 4.78 is 5.71. The second-order valence-electron chi connectivity index (χ2n) is 5.48. The molecule has 0 radical (unpaired) electrons. The van der Waals surface area contributed by atoms with E-state index in [0.717, 1.165) is 31.2 Å². The molecule has 19 heavy (non-hydrogen) atoms. The molecular weight excluding hydrogens is 234 g/mol. The molecule has 2 heteroatoms. The van der Waals surface area contributed by atoms with Crippen LogP contribution in [-0.2, 0) is 6.42 Å². The van der Waals surface area contributed by atoms with Crippen LogP contribution in [0.1, 0.15) is 45.1 Å². The number of nitrogens with one attached hydrogen (secondary N) is 1. The van der Waals surface area contributed by atoms with Crippen molar-refractivity contribution in [2.24, 2.45) is 5.92 Å². The Morgan fingerprint density at radius 3 is 2.74 bits per heavy atom. The fourth-order valence-electron chi connectivity index (χ4n) is 2.65. The third-order valence-electron chi connectivity index (χ3n) is 3.84. The van der Waals surface area contributed by atoms with Gasteiger partial charge in [-0.3, -0.25) is 0 Å². The molecule has 1 aromatic rings. The largest absolute Gasteiger partial charge is 0.494 e. The van der Waals surface area contributed by atoms with Crippen LogP contribution in [0.4, 0.5) is 0 Å². The lowest BCUT2D eigenvalue weighted by atomic mass is 10.0. The van der Waals surface area contributed by atoms with E-state index in [-0.39, 0.29) is 0 Å². The predicted molar refractivity (Wildman–Crippen MR) is 80.7 cm³/mol. The molecule has 0 spiro atoms. The summed E-state index contributed by atoms with van der Waals surface area (Å²) >= 11 is 0. The van der Waals surface area contributed by atoms with Crippen LogP contribution in [0.5, 0.6) is 5.75 Å². The van der Waals surface area contributed by atoms with Crippen molar-refractivity contribution in [3.63, 3.8) is 0 Å². The summed E-state index contributed by atoms with van der Waals surface area (Å²) in [6.45, 7) is 6.18. The fourth-order valence-corrected chi connectivity index (χ4v) is 2.65. The number of ether oxygens (including phenoxy) is 1. The van der Waals surface area contributed by atoms with Crippen LogP contribution in [-0.4, -0.2) is 19.2 Å². The molecule has 1 aliphatic carbocycles. The quantitative estimate of drug-likeness (QED) is 0.730. The Morgan fingerprint density at radius 2 is 2.05 bits per heavy atom. The van der Waals surface area contributed by atoms with Crippen molar-refractivity contribution in [3.8, 4) is 5.75 Å². The summed E-state index contributed by atoms with van der Waals surface area (Å²) in [5.41, 5.74) is 1.35. The minimum Gasteiger partial charge on any atom is -0.494 e. The number of rotatable bonds is 9. The molecule has 106 valence electrons. The zero-order valence-corrected chi connectivity index (χ0v) is 12.3. The fraction of sp³-hybridized carbons (Fsp3) is 0.647. The molecule has 0 amide bonds. The molecule has 1 aromatic carbocycles. The zero-order chi connectivity index (χ0) is 13.5. The Labute approximate surface area is 117 Å². The number of benzene rings is 1. The van der Waals surface area contributed by atoms with E-state index in [1.807, 2.05) is 6.92 Å². The maximum Gasteiger partial charge on any atom is 0.122 e. The number of hydrogen-bond donors (Lipinski definition) is 1. The van der Waals surface area contributed by atoms with Gasteiger partial charge < -0.3 is 10.1 Å². The van der Waals surface area contributed by atoms with Crippen LogP contribution < -0.4 is 10.1 Å². The van der Waals surface area contributed by atoms with Gasteiger partial charge in [0.1, 0.15) is 5.75 Å². The molecule has 2 nitrogen and oxygen atoms in total. The highest BCUT2D eigenvalue weighted by atomic mass is 16.5. The van der Waals surface area contributed by atoms with Crippen molar-refractivity contribution in [2.45, 2.75) is 52.0 Å². The smallest absolute Gasteiger partial charge is 0.122 e. The molecule has 0 heterocycles. The highest BCUT2D eigenvalue weighted by Gasteiger charge is 2.30. The first kappa shape index (κ1) is 14.4. The first-order valence-electron chi connectivity index (χ1n) is 7.79. The van der Waals surface area contributed by atoms with Crippen molar-refractivity contribution < 1.29 is 4.74 Å². The van der Waals surface area contributed by atoms with Gasteiger partial charge in [0.05, 0.1) is 6.61 Å². The lowest BCUT2D eigenvalue weighted by Gasteiger charge is -2.18. The Kier molecular flexibility index (Phi) is 5.71. The minimum absolute atomic E-state index is 0.703. The van der Waals surface area contributed by atoms with Crippen molar-refractivity contribution in [1.82, 2.24) is 5.32 Å². The van der Waals surface area contributed by atoms with Crippen molar-refractivity contribution in [1.29, 1.82) is 0 Å². The maximum absolute atomic E-state index is 5.71. The summed E-state index contributed by atoms with van der Waals surface area (Å²) in [6.07, 6.45) is 6.39. The second-order valence-corrected chi connectivity index (χ2v) is 5.48. The highest BCUT2D eigenvalue weighted by molar-refractivity contribution is 5.33. The predicted octanol–water partition coefficient (Wildman–Crippen LogP) is 3.80. The van der Waals surface area contributed by atoms with E-state index in [1.54, 1.807) is 0 Å². The van der Waals surface area contributed by atoms with Gasteiger partial charge in [-0.25, -0.2) is 0 Å². The molecule has 0 saturated heterocycles. The van der Waals surface area contributed by atoms with E-state index < -0.39 is 0 Å². The number of hydrogen-bond acceptors (Lipinski definition) is 2. The van der Waals surface area contributed by atoms with E-state index in [2.05, 4.69) is 36.5 Å². The van der Waals surface area contributed by atoms with E-state index in [4.69, 9.17) is 4.74 Å². The topological polar surface area (TPSA) is 21.3 Å². The van der Waals surface area contributed by atoms with Crippen LogP contribution in [0.15, 0.2) is 24.3 Å². The minimum atomic E-state index is 0.703. The number of para-hydroxylation sites is 1. The number of aryl methyl sites for hydroxylation is 1. The molecule has 1 N–H and O–H groups in total. The molecule has 0 aliphatic heterocycles. The van der Waals surface area contributed by atoms with E-state index >= 15 is 0 Å². The van der Waals surface area contributed by atoms with Gasteiger partial charge in [-0.05, 0) is 63.1 Å². The molecule has 1 unspecified atom stereocenters. The van der Waals surface area contributed by atoms with E-state index in [1.165, 1.54) is 31.2 Å². The van der Waals surface area contributed by atoms with Gasteiger partial charge >= 0.3 is 0 Å². The average molecular weight is 261 g/mol. The summed E-state index contributed by atoms with van der Waals surface area (Å²) in [4.78, 5) is 0. The first-order valence-corrected chi connectivity index (χ1v) is 7.79. The van der Waals surface area contributed by atoms with Gasteiger partial charge in [-0.2, -0.15) is 0 Å². The van der Waals surface area contributed by atoms with E-state index in [0.29, 0.717) is 6.04 Å². The van der Waals surface area contributed by atoms with E-state index in [9.17, 15) is 0 Å². The molecule has 1 fully saturated rings. The standard InChI is InChI=1S/C17H27NO/c1-3-13-18-16(14-9-10-14)12-11-15-7-5-6-8-17(15)19-4-2/h5-8,14,16,18H,3-4,9-13H2,1-2H3. The van der Waals surface area contributed by atoms with Crippen LogP contribution in [0.25, 0.3) is 0 Å². The lowest BCUT2D eigenvalue weighted by molar-refractivity contribution is 0.334. The molecule has 1 saturated carbocycles. The molecular formula is C17H27NO. The van der Waals surface area contributed by atoms with Crippen molar-refractivity contribution in [3.05, 3.63) is 29.8 Å². The second kappa shape index (κ2) is 7.54. The molecule has 2 rings (SSSR count). The monoisotopic (exact) mass is 261 g/mol. The van der Waals surface area contributed by atoms with Crippen LogP contribution in [0, 0.1) is 5.92 Å². The summed E-state index contributed by atoms with van der Waals surface area (Å²) in [6, 6.07) is 9.17. The van der Waals surface area contributed by atoms with Gasteiger partial charge in [-0.1, -0.05) is 25.1 Å².